The van der Waals surface area contributed by atoms with E-state index in [1.54, 1.807) is 6.20 Å². The van der Waals surface area contributed by atoms with Gasteiger partial charge in [0.05, 0.1) is 16.3 Å². The zero-order valence-corrected chi connectivity index (χ0v) is 11.9. The predicted octanol–water partition coefficient (Wildman–Crippen LogP) is 2.67. The Balaban J connectivity index is 2.10. The summed E-state index contributed by atoms with van der Waals surface area (Å²) in [7, 11) is 0. The standard InChI is InChI=1S/C14H17FN4O2/c1-10(2)8-16-9-11-5-6-18(17-11)12-3-4-14(19(20)21)13(15)7-12/h3-7,10,16H,8-9H2,1-2H3. The number of nitro groups is 1. The van der Waals surface area contributed by atoms with Gasteiger partial charge in [-0.25, -0.2) is 4.68 Å². The molecule has 2 aromatic rings. The van der Waals surface area contributed by atoms with Crippen molar-refractivity contribution in [3.05, 3.63) is 52.1 Å². The van der Waals surface area contributed by atoms with Crippen LogP contribution in [0.5, 0.6) is 0 Å². The second-order valence-electron chi connectivity index (χ2n) is 5.17. The number of nitro benzene ring substituents is 1. The van der Waals surface area contributed by atoms with Crippen molar-refractivity contribution >= 4 is 5.69 Å². The lowest BCUT2D eigenvalue weighted by Crippen LogP contribution is -2.19. The largest absolute Gasteiger partial charge is 0.311 e. The van der Waals surface area contributed by atoms with Gasteiger partial charge < -0.3 is 5.32 Å². The van der Waals surface area contributed by atoms with Crippen molar-refractivity contribution < 1.29 is 9.31 Å². The van der Waals surface area contributed by atoms with Crippen molar-refractivity contribution in [2.45, 2.75) is 20.4 Å². The van der Waals surface area contributed by atoms with Crippen molar-refractivity contribution in [3.8, 4) is 5.69 Å². The maximum Gasteiger partial charge on any atom is 0.304 e. The molecule has 0 radical (unpaired) electrons. The molecule has 0 unspecified atom stereocenters. The molecule has 0 fully saturated rings. The van der Waals surface area contributed by atoms with E-state index in [-0.39, 0.29) is 0 Å². The summed E-state index contributed by atoms with van der Waals surface area (Å²) in [5.74, 6) is -0.316. The molecular formula is C14H17FN4O2. The average molecular weight is 292 g/mol. The van der Waals surface area contributed by atoms with Gasteiger partial charge in [0.15, 0.2) is 0 Å². The number of aromatic nitrogens is 2. The second kappa shape index (κ2) is 6.45. The van der Waals surface area contributed by atoms with Crippen LogP contribution in [0.1, 0.15) is 19.5 Å². The molecule has 1 N–H and O–H groups in total. The molecule has 0 atom stereocenters. The van der Waals surface area contributed by atoms with Gasteiger partial charge in [-0.1, -0.05) is 13.8 Å². The van der Waals surface area contributed by atoms with Crippen LogP contribution in [-0.4, -0.2) is 21.2 Å². The van der Waals surface area contributed by atoms with Crippen LogP contribution in [0.25, 0.3) is 5.69 Å². The summed E-state index contributed by atoms with van der Waals surface area (Å²) in [4.78, 5) is 9.84. The fourth-order valence-electron chi connectivity index (χ4n) is 1.88. The van der Waals surface area contributed by atoms with Crippen LogP contribution in [0.3, 0.4) is 0 Å². The van der Waals surface area contributed by atoms with E-state index in [1.165, 1.54) is 10.7 Å². The highest BCUT2D eigenvalue weighted by atomic mass is 19.1. The number of nitrogens with zero attached hydrogens (tertiary/aromatic N) is 3. The van der Waals surface area contributed by atoms with Crippen LogP contribution in [0.15, 0.2) is 30.5 Å². The Bertz CT molecular complexity index is 640. The van der Waals surface area contributed by atoms with Gasteiger partial charge in [0.1, 0.15) is 0 Å². The fourth-order valence-corrected chi connectivity index (χ4v) is 1.88. The second-order valence-corrected chi connectivity index (χ2v) is 5.17. The van der Waals surface area contributed by atoms with E-state index in [2.05, 4.69) is 24.3 Å². The monoisotopic (exact) mass is 292 g/mol. The number of hydrogen-bond donors (Lipinski definition) is 1. The van der Waals surface area contributed by atoms with Gasteiger partial charge in [-0.05, 0) is 24.6 Å². The minimum absolute atomic E-state index is 0.452. The van der Waals surface area contributed by atoms with Gasteiger partial charge in [-0.3, -0.25) is 10.1 Å². The van der Waals surface area contributed by atoms with Crippen LogP contribution in [0.2, 0.25) is 0 Å². The van der Waals surface area contributed by atoms with Crippen molar-refractivity contribution in [1.82, 2.24) is 15.1 Å². The molecular weight excluding hydrogens is 275 g/mol. The van der Waals surface area contributed by atoms with E-state index < -0.39 is 16.4 Å². The molecule has 6 nitrogen and oxygen atoms in total. The highest BCUT2D eigenvalue weighted by molar-refractivity contribution is 5.41. The summed E-state index contributed by atoms with van der Waals surface area (Å²) in [6.45, 7) is 5.75. The van der Waals surface area contributed by atoms with Crippen LogP contribution < -0.4 is 5.32 Å². The first-order valence-corrected chi connectivity index (χ1v) is 6.67. The molecule has 7 heteroatoms. The Morgan fingerprint density at radius 2 is 2.19 bits per heavy atom. The van der Waals surface area contributed by atoms with E-state index in [4.69, 9.17) is 0 Å². The first-order valence-electron chi connectivity index (χ1n) is 6.67. The smallest absolute Gasteiger partial charge is 0.304 e. The van der Waals surface area contributed by atoms with E-state index >= 15 is 0 Å². The number of rotatable bonds is 6. The van der Waals surface area contributed by atoms with E-state index in [0.717, 1.165) is 24.4 Å². The van der Waals surface area contributed by atoms with Crippen molar-refractivity contribution in [2.75, 3.05) is 6.54 Å². The van der Waals surface area contributed by atoms with E-state index in [0.29, 0.717) is 18.2 Å². The third-order valence-electron chi connectivity index (χ3n) is 2.90. The van der Waals surface area contributed by atoms with Crippen LogP contribution >= 0.6 is 0 Å². The highest BCUT2D eigenvalue weighted by Gasteiger charge is 2.14. The normalized spacial score (nSPS) is 11.0. The maximum atomic E-state index is 13.6. The van der Waals surface area contributed by atoms with Crippen molar-refractivity contribution in [2.24, 2.45) is 5.92 Å². The molecule has 112 valence electrons. The number of halogens is 1. The van der Waals surface area contributed by atoms with Crippen LogP contribution in [0, 0.1) is 21.8 Å². The van der Waals surface area contributed by atoms with Crippen molar-refractivity contribution in [1.29, 1.82) is 0 Å². The summed E-state index contributed by atoms with van der Waals surface area (Å²) < 4.78 is 15.1. The Labute approximate surface area is 121 Å². The summed E-state index contributed by atoms with van der Waals surface area (Å²) in [6, 6.07) is 5.55. The SMILES string of the molecule is CC(C)CNCc1ccn(-c2ccc([N+](=O)[O-])c(F)c2)n1. The molecule has 1 aromatic heterocycles. The molecule has 0 aliphatic heterocycles. The molecule has 0 aliphatic rings. The average Bonchev–Trinajstić information content (AvgIpc) is 2.86. The number of nitrogens with one attached hydrogen (secondary N) is 1. The van der Waals surface area contributed by atoms with Crippen LogP contribution in [-0.2, 0) is 6.54 Å². The maximum absolute atomic E-state index is 13.6. The zero-order valence-electron chi connectivity index (χ0n) is 11.9. The van der Waals surface area contributed by atoms with Crippen molar-refractivity contribution in [3.63, 3.8) is 0 Å². The minimum Gasteiger partial charge on any atom is -0.311 e. The van der Waals surface area contributed by atoms with E-state index in [9.17, 15) is 14.5 Å². The Morgan fingerprint density at radius 1 is 1.43 bits per heavy atom. The summed E-state index contributed by atoms with van der Waals surface area (Å²) >= 11 is 0. The highest BCUT2D eigenvalue weighted by Crippen LogP contribution is 2.20. The molecule has 21 heavy (non-hydrogen) atoms. The molecule has 0 saturated heterocycles. The molecule has 0 spiro atoms. The lowest BCUT2D eigenvalue weighted by atomic mass is 10.2. The zero-order chi connectivity index (χ0) is 15.4. The van der Waals surface area contributed by atoms with Gasteiger partial charge in [-0.2, -0.15) is 9.49 Å². The summed E-state index contributed by atoms with van der Waals surface area (Å²) in [5, 5.41) is 18.2. The molecule has 2 rings (SSSR count). The fraction of sp³-hybridized carbons (Fsp3) is 0.357. The minimum atomic E-state index is -0.868. The predicted molar refractivity (Wildman–Crippen MR) is 76.7 cm³/mol. The Morgan fingerprint density at radius 3 is 2.81 bits per heavy atom. The lowest BCUT2D eigenvalue weighted by Gasteiger charge is -2.05. The number of hydrogen-bond acceptors (Lipinski definition) is 4. The van der Waals surface area contributed by atoms with Crippen LogP contribution in [0.4, 0.5) is 10.1 Å². The quantitative estimate of drug-likeness (QED) is 0.656. The molecule has 0 saturated carbocycles. The third kappa shape index (κ3) is 3.85. The molecule has 1 heterocycles. The lowest BCUT2D eigenvalue weighted by molar-refractivity contribution is -0.387. The first kappa shape index (κ1) is 15.1. The van der Waals surface area contributed by atoms with Gasteiger partial charge in [0, 0.05) is 24.9 Å². The van der Waals surface area contributed by atoms with Gasteiger partial charge >= 0.3 is 5.69 Å². The molecule has 0 bridgehead atoms. The summed E-state index contributed by atoms with van der Waals surface area (Å²) in [6.07, 6.45) is 1.70. The molecule has 0 amide bonds. The topological polar surface area (TPSA) is 73.0 Å². The Kier molecular flexibility index (Phi) is 4.64. The van der Waals surface area contributed by atoms with E-state index in [1.807, 2.05) is 6.07 Å². The molecule has 1 aromatic carbocycles. The van der Waals surface area contributed by atoms with Gasteiger partial charge in [0.25, 0.3) is 0 Å². The molecule has 0 aliphatic carbocycles. The van der Waals surface area contributed by atoms with Gasteiger partial charge in [-0.15, -0.1) is 0 Å². The Hall–Kier alpha value is -2.28. The van der Waals surface area contributed by atoms with Gasteiger partial charge in [0.2, 0.25) is 5.82 Å². The summed E-state index contributed by atoms with van der Waals surface area (Å²) in [5.41, 5.74) is 0.743. The first-order chi connectivity index (χ1) is 9.97. The third-order valence-corrected chi connectivity index (χ3v) is 2.90. The number of benzene rings is 1.